The standard InChI is InChI=1S/C14H18N2O/c1-5-11-6-12(10(2)15-7-11)13(17)16-8-14(3,4)9-16/h5-7H,1,8-9H2,2-4H3. The normalized spacial score (nSPS) is 17.5. The zero-order valence-corrected chi connectivity index (χ0v) is 10.7. The number of amides is 1. The third kappa shape index (κ3) is 2.23. The lowest BCUT2D eigenvalue weighted by molar-refractivity contribution is 0.0235. The first kappa shape index (κ1) is 11.8. The van der Waals surface area contributed by atoms with Gasteiger partial charge >= 0.3 is 0 Å². The average Bonchev–Trinajstić information content (AvgIpc) is 2.25. The molecule has 17 heavy (non-hydrogen) atoms. The number of aromatic nitrogens is 1. The number of likely N-dealkylation sites (tertiary alicyclic amines) is 1. The van der Waals surface area contributed by atoms with E-state index in [1.165, 1.54) is 0 Å². The SMILES string of the molecule is C=Cc1cnc(C)c(C(=O)N2CC(C)(C)C2)c1. The van der Waals surface area contributed by atoms with Crippen LogP contribution in [0.2, 0.25) is 0 Å². The number of carbonyl (C=O) groups is 1. The van der Waals surface area contributed by atoms with Gasteiger partial charge in [-0.3, -0.25) is 9.78 Å². The summed E-state index contributed by atoms with van der Waals surface area (Å²) in [6.07, 6.45) is 3.45. The first-order valence-corrected chi connectivity index (χ1v) is 5.81. The fourth-order valence-corrected chi connectivity index (χ4v) is 2.18. The summed E-state index contributed by atoms with van der Waals surface area (Å²) >= 11 is 0. The molecule has 0 unspecified atom stereocenters. The highest BCUT2D eigenvalue weighted by Gasteiger charge is 2.37. The lowest BCUT2D eigenvalue weighted by Gasteiger charge is -2.45. The van der Waals surface area contributed by atoms with Gasteiger partial charge in [0.1, 0.15) is 0 Å². The van der Waals surface area contributed by atoms with E-state index in [0.29, 0.717) is 5.56 Å². The first-order chi connectivity index (χ1) is 7.93. The second-order valence-electron chi connectivity index (χ2n) is 5.43. The van der Waals surface area contributed by atoms with Crippen LogP contribution in [0.25, 0.3) is 6.08 Å². The van der Waals surface area contributed by atoms with Crippen molar-refractivity contribution in [3.8, 4) is 0 Å². The fraction of sp³-hybridized carbons (Fsp3) is 0.429. The zero-order chi connectivity index (χ0) is 12.6. The van der Waals surface area contributed by atoms with Crippen LogP contribution in [0, 0.1) is 12.3 Å². The van der Waals surface area contributed by atoms with Gasteiger partial charge in [0.2, 0.25) is 0 Å². The van der Waals surface area contributed by atoms with Gasteiger partial charge in [0.25, 0.3) is 5.91 Å². The van der Waals surface area contributed by atoms with E-state index >= 15 is 0 Å². The second-order valence-corrected chi connectivity index (χ2v) is 5.43. The molecule has 1 amide bonds. The molecule has 1 aromatic heterocycles. The summed E-state index contributed by atoms with van der Waals surface area (Å²) < 4.78 is 0. The van der Waals surface area contributed by atoms with Crippen molar-refractivity contribution in [3.05, 3.63) is 35.7 Å². The lowest BCUT2D eigenvalue weighted by Crippen LogP contribution is -2.55. The molecule has 0 bridgehead atoms. The summed E-state index contributed by atoms with van der Waals surface area (Å²) in [5, 5.41) is 0. The molecule has 3 heteroatoms. The fourth-order valence-electron chi connectivity index (χ4n) is 2.18. The van der Waals surface area contributed by atoms with Crippen molar-refractivity contribution in [1.82, 2.24) is 9.88 Å². The van der Waals surface area contributed by atoms with Gasteiger partial charge in [0.05, 0.1) is 11.3 Å². The molecule has 1 aromatic rings. The van der Waals surface area contributed by atoms with Crippen LogP contribution in [0.15, 0.2) is 18.8 Å². The molecule has 2 rings (SSSR count). The van der Waals surface area contributed by atoms with Crippen molar-refractivity contribution >= 4 is 12.0 Å². The molecule has 0 N–H and O–H groups in total. The van der Waals surface area contributed by atoms with Gasteiger partial charge in [0, 0.05) is 19.3 Å². The Morgan fingerprint density at radius 3 is 2.71 bits per heavy atom. The molecule has 1 aliphatic heterocycles. The number of pyridine rings is 1. The van der Waals surface area contributed by atoms with E-state index in [0.717, 1.165) is 24.3 Å². The van der Waals surface area contributed by atoms with Crippen molar-refractivity contribution in [2.75, 3.05) is 13.1 Å². The molecule has 3 nitrogen and oxygen atoms in total. The molecule has 0 radical (unpaired) electrons. The van der Waals surface area contributed by atoms with Crippen LogP contribution in [-0.4, -0.2) is 28.9 Å². The molecular formula is C14H18N2O. The Labute approximate surface area is 102 Å². The number of rotatable bonds is 2. The van der Waals surface area contributed by atoms with Crippen LogP contribution in [0.3, 0.4) is 0 Å². The van der Waals surface area contributed by atoms with Crippen LogP contribution in [0.5, 0.6) is 0 Å². The van der Waals surface area contributed by atoms with E-state index in [2.05, 4.69) is 25.4 Å². The average molecular weight is 230 g/mol. The van der Waals surface area contributed by atoms with Crippen LogP contribution < -0.4 is 0 Å². The number of carbonyl (C=O) groups excluding carboxylic acids is 1. The highest BCUT2D eigenvalue weighted by molar-refractivity contribution is 5.96. The van der Waals surface area contributed by atoms with Crippen molar-refractivity contribution in [2.45, 2.75) is 20.8 Å². The van der Waals surface area contributed by atoms with Crippen molar-refractivity contribution in [2.24, 2.45) is 5.41 Å². The Balaban J connectivity index is 2.22. The molecule has 0 saturated carbocycles. The van der Waals surface area contributed by atoms with Crippen molar-refractivity contribution in [1.29, 1.82) is 0 Å². The summed E-state index contributed by atoms with van der Waals surface area (Å²) in [7, 11) is 0. The Morgan fingerprint density at radius 1 is 1.53 bits per heavy atom. The minimum absolute atomic E-state index is 0.0815. The maximum Gasteiger partial charge on any atom is 0.255 e. The molecule has 0 spiro atoms. The summed E-state index contributed by atoms with van der Waals surface area (Å²) in [6.45, 7) is 11.5. The van der Waals surface area contributed by atoms with E-state index in [1.807, 2.05) is 17.9 Å². The van der Waals surface area contributed by atoms with Gasteiger partial charge in [-0.05, 0) is 24.0 Å². The van der Waals surface area contributed by atoms with E-state index in [1.54, 1.807) is 12.3 Å². The molecule has 1 aliphatic rings. The minimum atomic E-state index is 0.0815. The summed E-state index contributed by atoms with van der Waals surface area (Å²) in [5.74, 6) is 0.0815. The third-order valence-corrected chi connectivity index (χ3v) is 3.10. The number of hydrogen-bond acceptors (Lipinski definition) is 2. The van der Waals surface area contributed by atoms with Gasteiger partial charge in [-0.15, -0.1) is 0 Å². The molecule has 2 heterocycles. The molecule has 90 valence electrons. The minimum Gasteiger partial charge on any atom is -0.337 e. The summed E-state index contributed by atoms with van der Waals surface area (Å²) in [5.41, 5.74) is 2.62. The zero-order valence-electron chi connectivity index (χ0n) is 10.7. The second kappa shape index (κ2) is 3.99. The van der Waals surface area contributed by atoms with Crippen molar-refractivity contribution in [3.63, 3.8) is 0 Å². The Kier molecular flexibility index (Phi) is 2.77. The highest BCUT2D eigenvalue weighted by Crippen LogP contribution is 2.30. The van der Waals surface area contributed by atoms with Crippen LogP contribution in [0.4, 0.5) is 0 Å². The van der Waals surface area contributed by atoms with Gasteiger partial charge in [-0.1, -0.05) is 26.5 Å². The molecule has 0 aliphatic carbocycles. The Morgan fingerprint density at radius 2 is 2.18 bits per heavy atom. The predicted octanol–water partition coefficient (Wildman–Crippen LogP) is 2.52. The smallest absolute Gasteiger partial charge is 0.255 e. The number of aryl methyl sites for hydroxylation is 1. The van der Waals surface area contributed by atoms with Gasteiger partial charge in [0.15, 0.2) is 0 Å². The van der Waals surface area contributed by atoms with E-state index in [9.17, 15) is 4.79 Å². The number of nitrogens with zero attached hydrogens (tertiary/aromatic N) is 2. The topological polar surface area (TPSA) is 33.2 Å². The highest BCUT2D eigenvalue weighted by atomic mass is 16.2. The number of hydrogen-bond donors (Lipinski definition) is 0. The summed E-state index contributed by atoms with van der Waals surface area (Å²) in [6, 6.07) is 1.86. The molecule has 0 atom stereocenters. The van der Waals surface area contributed by atoms with Gasteiger partial charge < -0.3 is 4.90 Å². The van der Waals surface area contributed by atoms with Gasteiger partial charge in [-0.25, -0.2) is 0 Å². The maximum absolute atomic E-state index is 12.3. The molecule has 0 aromatic carbocycles. The van der Waals surface area contributed by atoms with Crippen LogP contribution in [-0.2, 0) is 0 Å². The largest absolute Gasteiger partial charge is 0.337 e. The van der Waals surface area contributed by atoms with Crippen molar-refractivity contribution < 1.29 is 4.79 Å². The van der Waals surface area contributed by atoms with Crippen LogP contribution in [0.1, 0.15) is 35.5 Å². The molecule has 1 saturated heterocycles. The third-order valence-electron chi connectivity index (χ3n) is 3.10. The quantitative estimate of drug-likeness (QED) is 0.782. The van der Waals surface area contributed by atoms with E-state index in [-0.39, 0.29) is 11.3 Å². The Hall–Kier alpha value is -1.64. The van der Waals surface area contributed by atoms with E-state index in [4.69, 9.17) is 0 Å². The summed E-state index contributed by atoms with van der Waals surface area (Å²) in [4.78, 5) is 18.4. The van der Waals surface area contributed by atoms with Crippen LogP contribution >= 0.6 is 0 Å². The van der Waals surface area contributed by atoms with E-state index < -0.39 is 0 Å². The maximum atomic E-state index is 12.3. The van der Waals surface area contributed by atoms with Gasteiger partial charge in [-0.2, -0.15) is 0 Å². The molecular weight excluding hydrogens is 212 g/mol. The monoisotopic (exact) mass is 230 g/mol. The predicted molar refractivity (Wildman–Crippen MR) is 68.7 cm³/mol. The first-order valence-electron chi connectivity index (χ1n) is 5.81. The molecule has 1 fully saturated rings. The Bertz CT molecular complexity index is 469. The lowest BCUT2D eigenvalue weighted by atomic mass is 9.84.